The quantitative estimate of drug-likeness (QED) is 0.317. The Kier molecular flexibility index (Phi) is 9.80. The fourth-order valence-electron chi connectivity index (χ4n) is 3.68. The lowest BCUT2D eigenvalue weighted by Crippen LogP contribution is -2.42. The van der Waals surface area contributed by atoms with Crippen molar-refractivity contribution in [1.82, 2.24) is 15.5 Å². The highest BCUT2D eigenvalue weighted by Crippen LogP contribution is 2.24. The molecule has 1 aliphatic heterocycles. The second-order valence-electron chi connectivity index (χ2n) is 7.21. The molecule has 0 aliphatic carbocycles. The zero-order valence-corrected chi connectivity index (χ0v) is 19.9. The topological polar surface area (TPSA) is 62.0 Å². The SMILES string of the molecule is CCNC(=NCc1cc(C)cc(OC)c1)NCC(c1ccco1)N1CCCC1.I. The lowest BCUT2D eigenvalue weighted by atomic mass is 10.1. The zero-order valence-electron chi connectivity index (χ0n) is 17.6. The van der Waals surface area contributed by atoms with Crippen LogP contribution in [0.4, 0.5) is 0 Å². The molecule has 160 valence electrons. The second-order valence-corrected chi connectivity index (χ2v) is 7.21. The van der Waals surface area contributed by atoms with Gasteiger partial charge in [0.1, 0.15) is 11.5 Å². The van der Waals surface area contributed by atoms with Crippen LogP contribution >= 0.6 is 24.0 Å². The first-order valence-corrected chi connectivity index (χ1v) is 10.1. The molecule has 7 heteroatoms. The van der Waals surface area contributed by atoms with Crippen molar-refractivity contribution in [2.45, 2.75) is 39.3 Å². The lowest BCUT2D eigenvalue weighted by Gasteiger charge is -2.26. The molecule has 1 saturated heterocycles. The highest BCUT2D eigenvalue weighted by Gasteiger charge is 2.25. The Hall–Kier alpha value is -1.74. The summed E-state index contributed by atoms with van der Waals surface area (Å²) < 4.78 is 11.1. The first-order chi connectivity index (χ1) is 13.7. The third kappa shape index (κ3) is 6.92. The predicted molar refractivity (Wildman–Crippen MR) is 128 cm³/mol. The highest BCUT2D eigenvalue weighted by molar-refractivity contribution is 14.0. The fraction of sp³-hybridized carbons (Fsp3) is 0.500. The van der Waals surface area contributed by atoms with Crippen molar-refractivity contribution in [3.63, 3.8) is 0 Å². The van der Waals surface area contributed by atoms with E-state index >= 15 is 0 Å². The molecule has 1 aromatic carbocycles. The van der Waals surface area contributed by atoms with Crippen LogP contribution in [0.1, 0.15) is 42.7 Å². The Morgan fingerprint density at radius 2 is 2.03 bits per heavy atom. The maximum absolute atomic E-state index is 5.71. The molecule has 0 spiro atoms. The number of rotatable bonds is 8. The van der Waals surface area contributed by atoms with E-state index in [1.807, 2.05) is 18.2 Å². The van der Waals surface area contributed by atoms with Gasteiger partial charge in [0.05, 0.1) is 26.0 Å². The molecule has 6 nitrogen and oxygen atoms in total. The summed E-state index contributed by atoms with van der Waals surface area (Å²) in [4.78, 5) is 7.26. The molecule has 0 bridgehead atoms. The lowest BCUT2D eigenvalue weighted by molar-refractivity contribution is 0.215. The van der Waals surface area contributed by atoms with Crippen molar-refractivity contribution >= 4 is 29.9 Å². The molecular weight excluding hydrogens is 479 g/mol. The first kappa shape index (κ1) is 23.5. The number of aryl methyl sites for hydroxylation is 1. The number of nitrogens with one attached hydrogen (secondary N) is 2. The summed E-state index contributed by atoms with van der Waals surface area (Å²) in [6.45, 7) is 8.56. The second kappa shape index (κ2) is 12.1. The monoisotopic (exact) mass is 512 g/mol. The molecule has 1 aliphatic rings. The summed E-state index contributed by atoms with van der Waals surface area (Å²) in [6.07, 6.45) is 4.25. The van der Waals surface area contributed by atoms with Crippen LogP contribution in [0.3, 0.4) is 0 Å². The van der Waals surface area contributed by atoms with Crippen LogP contribution in [0.25, 0.3) is 0 Å². The van der Waals surface area contributed by atoms with E-state index in [1.54, 1.807) is 13.4 Å². The van der Waals surface area contributed by atoms with Gasteiger partial charge in [0.25, 0.3) is 0 Å². The van der Waals surface area contributed by atoms with E-state index in [0.29, 0.717) is 6.54 Å². The summed E-state index contributed by atoms with van der Waals surface area (Å²) in [5.41, 5.74) is 2.31. The molecule has 0 amide bonds. The highest BCUT2D eigenvalue weighted by atomic mass is 127. The number of halogens is 1. The molecule has 1 fully saturated rings. The van der Waals surface area contributed by atoms with Crippen molar-refractivity contribution in [3.8, 4) is 5.75 Å². The van der Waals surface area contributed by atoms with Gasteiger partial charge in [0, 0.05) is 13.1 Å². The van der Waals surface area contributed by atoms with Gasteiger partial charge < -0.3 is 19.8 Å². The number of likely N-dealkylation sites (tertiary alicyclic amines) is 1. The molecule has 2 heterocycles. The molecule has 29 heavy (non-hydrogen) atoms. The zero-order chi connectivity index (χ0) is 19.8. The van der Waals surface area contributed by atoms with Gasteiger partial charge in [-0.1, -0.05) is 6.07 Å². The van der Waals surface area contributed by atoms with Gasteiger partial charge in [-0.3, -0.25) is 4.90 Å². The van der Waals surface area contributed by atoms with E-state index < -0.39 is 0 Å². The molecule has 1 atom stereocenters. The number of aliphatic imine (C=N–C) groups is 1. The molecule has 0 radical (unpaired) electrons. The van der Waals surface area contributed by atoms with E-state index in [0.717, 1.165) is 49.2 Å². The van der Waals surface area contributed by atoms with E-state index in [-0.39, 0.29) is 30.0 Å². The van der Waals surface area contributed by atoms with Crippen LogP contribution in [0.5, 0.6) is 5.75 Å². The maximum atomic E-state index is 5.71. The van der Waals surface area contributed by atoms with Crippen LogP contribution in [0.15, 0.2) is 46.0 Å². The average molecular weight is 512 g/mol. The third-order valence-electron chi connectivity index (χ3n) is 5.03. The van der Waals surface area contributed by atoms with E-state index in [2.05, 4.69) is 41.5 Å². The van der Waals surface area contributed by atoms with Crippen molar-refractivity contribution in [2.24, 2.45) is 4.99 Å². The number of guanidine groups is 1. The van der Waals surface area contributed by atoms with Gasteiger partial charge in [-0.25, -0.2) is 4.99 Å². The molecule has 2 aromatic rings. The minimum atomic E-state index is 0. The van der Waals surface area contributed by atoms with Crippen molar-refractivity contribution < 1.29 is 9.15 Å². The van der Waals surface area contributed by atoms with E-state index in [1.165, 1.54) is 18.4 Å². The molecule has 1 aromatic heterocycles. The smallest absolute Gasteiger partial charge is 0.191 e. The van der Waals surface area contributed by atoms with Crippen molar-refractivity contribution in [3.05, 3.63) is 53.5 Å². The summed E-state index contributed by atoms with van der Waals surface area (Å²) in [6, 6.07) is 10.5. The largest absolute Gasteiger partial charge is 0.497 e. The Bertz CT molecular complexity index is 758. The minimum absolute atomic E-state index is 0. The molecule has 1 unspecified atom stereocenters. The first-order valence-electron chi connectivity index (χ1n) is 10.1. The maximum Gasteiger partial charge on any atom is 0.191 e. The van der Waals surface area contributed by atoms with Crippen LogP contribution in [-0.4, -0.2) is 44.1 Å². The van der Waals surface area contributed by atoms with Crippen LogP contribution in [0, 0.1) is 6.92 Å². The number of benzene rings is 1. The summed E-state index contributed by atoms with van der Waals surface area (Å²) in [7, 11) is 1.70. The van der Waals surface area contributed by atoms with Gasteiger partial charge in [-0.2, -0.15) is 0 Å². The predicted octanol–water partition coefficient (Wildman–Crippen LogP) is 4.11. The number of ether oxygens (including phenoxy) is 1. The summed E-state index contributed by atoms with van der Waals surface area (Å²) in [5.74, 6) is 2.70. The van der Waals surface area contributed by atoms with Gasteiger partial charge in [-0.05, 0) is 75.2 Å². The number of methoxy groups -OCH3 is 1. The van der Waals surface area contributed by atoms with Crippen LogP contribution < -0.4 is 15.4 Å². The molecule has 0 saturated carbocycles. The Balaban J connectivity index is 0.00000300. The number of hydrogen-bond donors (Lipinski definition) is 2. The van der Waals surface area contributed by atoms with Crippen molar-refractivity contribution in [2.75, 3.05) is 33.3 Å². The number of hydrogen-bond acceptors (Lipinski definition) is 4. The van der Waals surface area contributed by atoms with Gasteiger partial charge in [0.15, 0.2) is 5.96 Å². The Morgan fingerprint density at radius 3 is 2.69 bits per heavy atom. The fourth-order valence-corrected chi connectivity index (χ4v) is 3.68. The van der Waals surface area contributed by atoms with Gasteiger partial charge in [0.2, 0.25) is 0 Å². The minimum Gasteiger partial charge on any atom is -0.497 e. The standard InChI is InChI=1S/C22H32N4O2.HI/c1-4-23-22(24-15-18-12-17(2)13-19(14-18)27-3)25-16-20(21-8-7-11-28-21)26-9-5-6-10-26;/h7-8,11-14,20H,4-6,9-10,15-16H2,1-3H3,(H2,23,24,25);1H. The van der Waals surface area contributed by atoms with Crippen LogP contribution in [-0.2, 0) is 6.54 Å². The average Bonchev–Trinajstić information content (AvgIpc) is 3.40. The van der Waals surface area contributed by atoms with Crippen LogP contribution in [0.2, 0.25) is 0 Å². The van der Waals surface area contributed by atoms with Crippen molar-refractivity contribution in [1.29, 1.82) is 0 Å². The molecular formula is C22H33IN4O2. The van der Waals surface area contributed by atoms with E-state index in [9.17, 15) is 0 Å². The number of furan rings is 1. The third-order valence-corrected chi connectivity index (χ3v) is 5.03. The van der Waals surface area contributed by atoms with Gasteiger partial charge >= 0.3 is 0 Å². The molecule has 2 N–H and O–H groups in total. The van der Waals surface area contributed by atoms with E-state index in [4.69, 9.17) is 14.1 Å². The summed E-state index contributed by atoms with van der Waals surface area (Å²) >= 11 is 0. The Morgan fingerprint density at radius 1 is 1.24 bits per heavy atom. The summed E-state index contributed by atoms with van der Waals surface area (Å²) in [5, 5.41) is 6.85. The number of nitrogens with zero attached hydrogens (tertiary/aromatic N) is 2. The van der Waals surface area contributed by atoms with Gasteiger partial charge in [-0.15, -0.1) is 24.0 Å². The normalized spacial score (nSPS) is 15.6. The Labute approximate surface area is 191 Å². The molecule has 3 rings (SSSR count).